The normalized spacial score (nSPS) is 15.5. The predicted octanol–water partition coefficient (Wildman–Crippen LogP) is 4.17. The number of aromatic nitrogens is 4. The highest BCUT2D eigenvalue weighted by Crippen LogP contribution is 2.29. The third kappa shape index (κ3) is 5.67. The molecule has 4 heterocycles. The molecular weight excluding hydrogens is 438 g/mol. The first kappa shape index (κ1) is 23.4. The molecule has 1 fully saturated rings. The molecule has 1 aliphatic heterocycles. The van der Waals surface area contributed by atoms with E-state index in [9.17, 15) is 5.11 Å². The van der Waals surface area contributed by atoms with E-state index in [1.165, 1.54) is 19.3 Å². The van der Waals surface area contributed by atoms with Crippen molar-refractivity contribution in [3.8, 4) is 11.1 Å². The van der Waals surface area contributed by atoms with Crippen LogP contribution in [0.25, 0.3) is 22.0 Å². The molecule has 4 aromatic rings. The molecule has 3 N–H and O–H groups in total. The molecule has 182 valence electrons. The van der Waals surface area contributed by atoms with Gasteiger partial charge >= 0.3 is 0 Å². The standard InChI is InChI=1S/C27H33N7O/c1-33(2)17-19-10-22(15-28-13-19)21-6-7-25-24(12-21)26(32-31-25)27(35)30-23-11-20(14-29-16-23)18-34-8-4-3-5-9-34/h6-7,10-16,27,30,35H,3-5,8-9,17-18H2,1-2H3,(H,31,32). The minimum Gasteiger partial charge on any atom is -0.368 e. The number of nitrogens with zero attached hydrogens (tertiary/aromatic N) is 5. The van der Waals surface area contributed by atoms with Crippen molar-refractivity contribution in [2.75, 3.05) is 32.5 Å². The molecule has 0 spiro atoms. The summed E-state index contributed by atoms with van der Waals surface area (Å²) in [6, 6.07) is 10.3. The van der Waals surface area contributed by atoms with Crippen LogP contribution in [0.15, 0.2) is 55.1 Å². The molecule has 5 rings (SSSR count). The molecule has 0 bridgehead atoms. The van der Waals surface area contributed by atoms with Crippen LogP contribution in [0.1, 0.15) is 42.3 Å². The first-order valence-electron chi connectivity index (χ1n) is 12.2. The molecular formula is C27H33N7O. The van der Waals surface area contributed by atoms with Crippen LogP contribution >= 0.6 is 0 Å². The minimum absolute atomic E-state index is 0.626. The van der Waals surface area contributed by atoms with Gasteiger partial charge in [0.1, 0.15) is 0 Å². The third-order valence-corrected chi connectivity index (χ3v) is 6.44. The lowest BCUT2D eigenvalue weighted by Crippen LogP contribution is -2.29. The summed E-state index contributed by atoms with van der Waals surface area (Å²) in [6.45, 7) is 3.98. The zero-order valence-electron chi connectivity index (χ0n) is 20.4. The fourth-order valence-corrected chi connectivity index (χ4v) is 4.77. The van der Waals surface area contributed by atoms with E-state index in [0.29, 0.717) is 5.69 Å². The quantitative estimate of drug-likeness (QED) is 0.332. The maximum atomic E-state index is 11.0. The van der Waals surface area contributed by atoms with E-state index in [-0.39, 0.29) is 0 Å². The predicted molar refractivity (Wildman–Crippen MR) is 139 cm³/mol. The lowest BCUT2D eigenvalue weighted by molar-refractivity contribution is 0.204. The number of hydrogen-bond acceptors (Lipinski definition) is 7. The lowest BCUT2D eigenvalue weighted by atomic mass is 10.0. The Hall–Kier alpha value is -3.33. The summed E-state index contributed by atoms with van der Waals surface area (Å²) in [7, 11) is 4.09. The maximum Gasteiger partial charge on any atom is 0.168 e. The van der Waals surface area contributed by atoms with E-state index in [2.05, 4.69) is 53.5 Å². The fraction of sp³-hybridized carbons (Fsp3) is 0.370. The molecule has 0 aliphatic carbocycles. The Morgan fingerprint density at radius 2 is 1.77 bits per heavy atom. The van der Waals surface area contributed by atoms with Gasteiger partial charge in [-0.3, -0.25) is 20.0 Å². The molecule has 8 heteroatoms. The molecule has 3 aromatic heterocycles. The first-order valence-corrected chi connectivity index (χ1v) is 12.2. The summed E-state index contributed by atoms with van der Waals surface area (Å²) in [5, 5.41) is 22.5. The van der Waals surface area contributed by atoms with Gasteiger partial charge in [-0.2, -0.15) is 5.10 Å². The number of H-pyrrole nitrogens is 1. The number of piperidine rings is 1. The molecule has 0 saturated carbocycles. The van der Waals surface area contributed by atoms with Crippen LogP contribution < -0.4 is 5.32 Å². The number of pyridine rings is 2. The van der Waals surface area contributed by atoms with Crippen LogP contribution in [0.2, 0.25) is 0 Å². The Bertz CT molecular complexity index is 1280. The van der Waals surface area contributed by atoms with Crippen molar-refractivity contribution in [3.63, 3.8) is 0 Å². The van der Waals surface area contributed by atoms with Gasteiger partial charge in [-0.05, 0) is 81.0 Å². The van der Waals surface area contributed by atoms with Crippen molar-refractivity contribution in [1.82, 2.24) is 30.0 Å². The van der Waals surface area contributed by atoms with Gasteiger partial charge in [0.15, 0.2) is 6.23 Å². The number of fused-ring (bicyclic) bond motifs is 1. The fourth-order valence-electron chi connectivity index (χ4n) is 4.77. The topological polar surface area (TPSA) is 93.2 Å². The van der Waals surface area contributed by atoms with E-state index >= 15 is 0 Å². The van der Waals surface area contributed by atoms with Crippen molar-refractivity contribution in [3.05, 3.63) is 71.9 Å². The zero-order chi connectivity index (χ0) is 24.2. The van der Waals surface area contributed by atoms with E-state index < -0.39 is 6.23 Å². The maximum absolute atomic E-state index is 11.0. The van der Waals surface area contributed by atoms with Crippen LogP contribution in [-0.4, -0.2) is 62.3 Å². The Labute approximate surface area is 206 Å². The van der Waals surface area contributed by atoms with Gasteiger partial charge in [0, 0.05) is 42.6 Å². The second kappa shape index (κ2) is 10.5. The smallest absolute Gasteiger partial charge is 0.168 e. The molecule has 8 nitrogen and oxygen atoms in total. The molecule has 1 aliphatic rings. The summed E-state index contributed by atoms with van der Waals surface area (Å²) in [4.78, 5) is 13.4. The highest BCUT2D eigenvalue weighted by Gasteiger charge is 2.17. The van der Waals surface area contributed by atoms with Crippen molar-refractivity contribution in [1.29, 1.82) is 0 Å². The van der Waals surface area contributed by atoms with Crippen LogP contribution in [0.5, 0.6) is 0 Å². The third-order valence-electron chi connectivity index (χ3n) is 6.44. The zero-order valence-corrected chi connectivity index (χ0v) is 20.4. The molecule has 1 atom stereocenters. The van der Waals surface area contributed by atoms with Gasteiger partial charge < -0.3 is 15.3 Å². The van der Waals surface area contributed by atoms with Crippen LogP contribution in [0.4, 0.5) is 5.69 Å². The van der Waals surface area contributed by atoms with E-state index in [1.807, 2.05) is 44.8 Å². The Morgan fingerprint density at radius 1 is 0.971 bits per heavy atom. The summed E-state index contributed by atoms with van der Waals surface area (Å²) >= 11 is 0. The Kier molecular flexibility index (Phi) is 7.03. The number of aliphatic hydroxyl groups excluding tert-OH is 1. The molecule has 0 amide bonds. The highest BCUT2D eigenvalue weighted by atomic mass is 16.3. The van der Waals surface area contributed by atoms with E-state index in [0.717, 1.165) is 65.0 Å². The van der Waals surface area contributed by atoms with Gasteiger partial charge in [-0.1, -0.05) is 12.5 Å². The van der Waals surface area contributed by atoms with E-state index in [1.54, 1.807) is 6.20 Å². The summed E-state index contributed by atoms with van der Waals surface area (Å²) < 4.78 is 0. The first-order chi connectivity index (χ1) is 17.0. The number of aromatic amines is 1. The van der Waals surface area contributed by atoms with Crippen molar-refractivity contribution < 1.29 is 5.11 Å². The minimum atomic E-state index is -0.944. The summed E-state index contributed by atoms with van der Waals surface area (Å²) in [5.41, 5.74) is 6.58. The van der Waals surface area contributed by atoms with Gasteiger partial charge in [-0.25, -0.2) is 0 Å². The molecule has 0 radical (unpaired) electrons. The number of nitrogens with one attached hydrogen (secondary N) is 2. The van der Waals surface area contributed by atoms with Crippen LogP contribution in [-0.2, 0) is 13.1 Å². The number of rotatable bonds is 8. The van der Waals surface area contributed by atoms with Gasteiger partial charge in [0.2, 0.25) is 0 Å². The average Bonchev–Trinajstić information content (AvgIpc) is 3.28. The number of benzene rings is 1. The second-order valence-electron chi connectivity index (χ2n) is 9.65. The molecule has 35 heavy (non-hydrogen) atoms. The number of likely N-dealkylation sites (tertiary alicyclic amines) is 1. The van der Waals surface area contributed by atoms with Crippen LogP contribution in [0, 0.1) is 0 Å². The molecule has 1 unspecified atom stereocenters. The summed E-state index contributed by atoms with van der Waals surface area (Å²) in [5.74, 6) is 0. The van der Waals surface area contributed by atoms with Crippen molar-refractivity contribution >= 4 is 16.6 Å². The second-order valence-corrected chi connectivity index (χ2v) is 9.65. The van der Waals surface area contributed by atoms with Gasteiger partial charge in [0.05, 0.1) is 23.1 Å². The number of anilines is 1. The lowest BCUT2D eigenvalue weighted by Gasteiger charge is -2.26. The molecule has 1 saturated heterocycles. The number of hydrogen-bond donors (Lipinski definition) is 3. The highest BCUT2D eigenvalue weighted by molar-refractivity contribution is 5.87. The largest absolute Gasteiger partial charge is 0.368 e. The van der Waals surface area contributed by atoms with E-state index in [4.69, 9.17) is 0 Å². The monoisotopic (exact) mass is 471 g/mol. The van der Waals surface area contributed by atoms with Crippen LogP contribution in [0.3, 0.4) is 0 Å². The number of aliphatic hydroxyl groups is 1. The SMILES string of the molecule is CN(C)Cc1cncc(-c2ccc3n[nH]c(C(O)Nc4cncc(CN5CCCCC5)c4)c3c2)c1. The van der Waals surface area contributed by atoms with Crippen molar-refractivity contribution in [2.45, 2.75) is 38.6 Å². The average molecular weight is 472 g/mol. The Morgan fingerprint density at radius 3 is 2.60 bits per heavy atom. The van der Waals surface area contributed by atoms with Gasteiger partial charge in [-0.15, -0.1) is 0 Å². The Balaban J connectivity index is 1.35. The van der Waals surface area contributed by atoms with Gasteiger partial charge in [0.25, 0.3) is 0 Å². The molecule has 1 aromatic carbocycles. The van der Waals surface area contributed by atoms with Crippen molar-refractivity contribution in [2.24, 2.45) is 0 Å². The summed E-state index contributed by atoms with van der Waals surface area (Å²) in [6.07, 6.45) is 10.3.